The lowest BCUT2D eigenvalue weighted by Crippen LogP contribution is -1.67. The van der Waals surface area contributed by atoms with Crippen LogP contribution in [0.5, 0.6) is 0 Å². The number of aromatic amines is 1. The van der Waals surface area contributed by atoms with Gasteiger partial charge in [-0.05, 0) is 22.8 Å². The lowest BCUT2D eigenvalue weighted by atomic mass is 10.8. The number of nitrogens with one attached hydrogen (secondary N) is 1. The Morgan fingerprint density at radius 3 is 3.43 bits per heavy atom. The highest BCUT2D eigenvalue weighted by molar-refractivity contribution is 9.10. The molecular weight excluding hydrogens is 156 g/mol. The molecular formula is C4H5BrN2. The molecule has 7 heavy (non-hydrogen) atoms. The minimum Gasteiger partial charge on any atom is -0.337 e. The van der Waals surface area contributed by atoms with Gasteiger partial charge in [-0.3, -0.25) is 0 Å². The molecule has 0 bridgehead atoms. The summed E-state index contributed by atoms with van der Waals surface area (Å²) in [6, 6.07) is 0. The van der Waals surface area contributed by atoms with Crippen molar-refractivity contribution < 1.29 is 5.48 Å². The molecule has 0 saturated heterocycles. The van der Waals surface area contributed by atoms with Crippen molar-refractivity contribution in [2.75, 3.05) is 0 Å². The summed E-state index contributed by atoms with van der Waals surface area (Å²) < 4.78 is 28.1. The summed E-state index contributed by atoms with van der Waals surface area (Å²) in [4.78, 5) is 5.92. The maximum Gasteiger partial charge on any atom is 0.103 e. The fraction of sp³-hybridized carbons (Fsp3) is 0.250. The van der Waals surface area contributed by atoms with E-state index in [2.05, 4.69) is 25.9 Å². The van der Waals surface area contributed by atoms with Crippen LogP contribution < -0.4 is 0 Å². The van der Waals surface area contributed by atoms with Gasteiger partial charge in [0.15, 0.2) is 0 Å². The molecule has 0 aliphatic heterocycles. The average molecular weight is 165 g/mol. The predicted molar refractivity (Wildman–Crippen MR) is 31.0 cm³/mol. The third-order valence-corrected chi connectivity index (χ3v) is 0.870. The maximum atomic E-state index is 7.08. The Labute approximate surface area is 55.7 Å². The van der Waals surface area contributed by atoms with Gasteiger partial charge in [0.1, 0.15) is 10.4 Å². The standard InChI is InChI=1S/C4H5BrN2/c1-3-6-2-4(5)7-3/h2H,1H3,(H,6,7)/i1D3,2D. The van der Waals surface area contributed by atoms with E-state index in [1.54, 1.807) is 0 Å². The monoisotopic (exact) mass is 164 g/mol. The summed E-state index contributed by atoms with van der Waals surface area (Å²) in [6.45, 7) is -2.26. The summed E-state index contributed by atoms with van der Waals surface area (Å²) in [5.74, 6) is -0.158. The van der Waals surface area contributed by atoms with Gasteiger partial charge in [0.05, 0.1) is 7.54 Å². The first-order valence-corrected chi connectivity index (χ1v) is 2.43. The zero-order chi connectivity index (χ0) is 8.65. The van der Waals surface area contributed by atoms with Crippen LogP contribution in [-0.2, 0) is 0 Å². The Hall–Kier alpha value is -0.310. The highest BCUT2D eigenvalue weighted by Crippen LogP contribution is 2.02. The molecule has 38 valence electrons. The number of hydrogen-bond donors (Lipinski definition) is 1. The molecule has 0 spiro atoms. The molecule has 3 heteroatoms. The second kappa shape index (κ2) is 1.66. The Morgan fingerprint density at radius 2 is 3.14 bits per heavy atom. The fourth-order valence-corrected chi connectivity index (χ4v) is 0.541. The first-order chi connectivity index (χ1) is 4.91. The van der Waals surface area contributed by atoms with E-state index in [0.717, 1.165) is 0 Å². The summed E-state index contributed by atoms with van der Waals surface area (Å²) in [5.41, 5.74) is 0. The van der Waals surface area contributed by atoms with Crippen molar-refractivity contribution >= 4 is 15.9 Å². The van der Waals surface area contributed by atoms with Crippen molar-refractivity contribution in [3.05, 3.63) is 16.6 Å². The molecule has 0 saturated carbocycles. The average Bonchev–Trinajstić information content (AvgIpc) is 2.11. The van der Waals surface area contributed by atoms with Crippen LogP contribution in [0, 0.1) is 6.85 Å². The lowest BCUT2D eigenvalue weighted by molar-refractivity contribution is 1.14. The van der Waals surface area contributed by atoms with E-state index in [-0.39, 0.29) is 12.0 Å². The summed E-state index contributed by atoms with van der Waals surface area (Å²) >= 11 is 2.95. The van der Waals surface area contributed by atoms with E-state index in [1.807, 2.05) is 0 Å². The lowest BCUT2D eigenvalue weighted by Gasteiger charge is -1.72. The van der Waals surface area contributed by atoms with E-state index >= 15 is 0 Å². The molecule has 0 atom stereocenters. The minimum absolute atomic E-state index is 0.0869. The third kappa shape index (κ3) is 1.03. The van der Waals surface area contributed by atoms with E-state index in [9.17, 15) is 0 Å². The molecule has 0 unspecified atom stereocenters. The second-order valence-electron chi connectivity index (χ2n) is 1.01. The highest BCUT2D eigenvalue weighted by atomic mass is 79.9. The van der Waals surface area contributed by atoms with Crippen molar-refractivity contribution in [2.24, 2.45) is 0 Å². The summed E-state index contributed by atoms with van der Waals surface area (Å²) in [5, 5.41) is 0. The number of aryl methyl sites for hydroxylation is 1. The van der Waals surface area contributed by atoms with E-state index < -0.39 is 6.85 Å². The van der Waals surface area contributed by atoms with Gasteiger partial charge in [-0.2, -0.15) is 0 Å². The molecule has 1 N–H and O–H groups in total. The quantitative estimate of drug-likeness (QED) is 0.619. The van der Waals surface area contributed by atoms with Crippen LogP contribution in [0.2, 0.25) is 0 Å². The van der Waals surface area contributed by atoms with Crippen molar-refractivity contribution in [3.8, 4) is 0 Å². The van der Waals surface area contributed by atoms with Gasteiger partial charge in [0.2, 0.25) is 0 Å². The SMILES string of the molecule is [2H]c1nc(C([2H])([2H])[2H])[nH]c1Br. The summed E-state index contributed by atoms with van der Waals surface area (Å²) in [6.07, 6.45) is -0.0869. The van der Waals surface area contributed by atoms with Crippen molar-refractivity contribution in [1.82, 2.24) is 9.97 Å². The van der Waals surface area contributed by atoms with Gasteiger partial charge in [0, 0.05) is 4.11 Å². The van der Waals surface area contributed by atoms with Gasteiger partial charge in [-0.1, -0.05) is 0 Å². The zero-order valence-electron chi connectivity index (χ0n) is 7.33. The van der Waals surface area contributed by atoms with E-state index in [4.69, 9.17) is 5.48 Å². The maximum absolute atomic E-state index is 7.08. The third-order valence-electron chi connectivity index (χ3n) is 0.494. The summed E-state index contributed by atoms with van der Waals surface area (Å²) in [7, 11) is 0. The minimum atomic E-state index is -2.26. The topological polar surface area (TPSA) is 28.7 Å². The van der Waals surface area contributed by atoms with Crippen LogP contribution >= 0.6 is 15.9 Å². The van der Waals surface area contributed by atoms with Crippen LogP contribution in [0.25, 0.3) is 0 Å². The van der Waals surface area contributed by atoms with Crippen LogP contribution in [-0.4, -0.2) is 9.97 Å². The molecule has 1 aromatic rings. The van der Waals surface area contributed by atoms with Gasteiger partial charge in [0.25, 0.3) is 0 Å². The number of nitrogens with zero attached hydrogens (tertiary/aromatic N) is 1. The number of imidazole rings is 1. The number of hydrogen-bond acceptors (Lipinski definition) is 1. The van der Waals surface area contributed by atoms with Crippen molar-refractivity contribution in [1.29, 1.82) is 0 Å². The van der Waals surface area contributed by atoms with Crippen molar-refractivity contribution in [3.63, 3.8) is 0 Å². The molecule has 0 aliphatic rings. The van der Waals surface area contributed by atoms with Crippen LogP contribution in [0.1, 0.15) is 11.3 Å². The Kier molecular flexibility index (Phi) is 0.449. The van der Waals surface area contributed by atoms with E-state index in [0.29, 0.717) is 4.60 Å². The second-order valence-corrected chi connectivity index (χ2v) is 1.80. The van der Waals surface area contributed by atoms with Gasteiger partial charge in [-0.15, -0.1) is 0 Å². The molecule has 1 rings (SSSR count). The van der Waals surface area contributed by atoms with Crippen molar-refractivity contribution in [2.45, 2.75) is 6.85 Å². The Balaban J connectivity index is 3.08. The zero-order valence-corrected chi connectivity index (χ0v) is 4.91. The molecule has 0 fully saturated rings. The molecule has 0 radical (unpaired) electrons. The highest BCUT2D eigenvalue weighted by Gasteiger charge is 1.85. The largest absolute Gasteiger partial charge is 0.337 e. The van der Waals surface area contributed by atoms with Gasteiger partial charge < -0.3 is 4.98 Å². The molecule has 0 amide bonds. The van der Waals surface area contributed by atoms with Gasteiger partial charge in [-0.25, -0.2) is 4.98 Å². The molecule has 1 aromatic heterocycles. The van der Waals surface area contributed by atoms with Gasteiger partial charge >= 0.3 is 0 Å². The molecule has 0 aromatic carbocycles. The first kappa shape index (κ1) is 1.90. The number of rotatable bonds is 0. The normalized spacial score (nSPS) is 19.6. The number of aromatic nitrogens is 2. The van der Waals surface area contributed by atoms with Crippen LogP contribution in [0.15, 0.2) is 10.8 Å². The fourth-order valence-electron chi connectivity index (χ4n) is 0.265. The van der Waals surface area contributed by atoms with Crippen LogP contribution in [0.3, 0.4) is 0 Å². The molecule has 2 nitrogen and oxygen atoms in total. The first-order valence-electron chi connectivity index (χ1n) is 3.64. The van der Waals surface area contributed by atoms with E-state index in [1.165, 1.54) is 0 Å². The number of halogens is 1. The predicted octanol–water partition coefficient (Wildman–Crippen LogP) is 1.48. The molecule has 1 heterocycles. The van der Waals surface area contributed by atoms with Crippen LogP contribution in [0.4, 0.5) is 0 Å². The number of H-pyrrole nitrogens is 1. The smallest absolute Gasteiger partial charge is 0.103 e. The Morgan fingerprint density at radius 1 is 2.29 bits per heavy atom. The molecule has 0 aliphatic carbocycles. The Bertz CT molecular complexity index is 246.